The summed E-state index contributed by atoms with van der Waals surface area (Å²) in [6.07, 6.45) is 2.37. The number of aromatic nitrogens is 1. The number of nitrogens with one attached hydrogen (secondary N) is 1. The maximum absolute atomic E-state index is 11.9. The lowest BCUT2D eigenvalue weighted by Gasteiger charge is -2.23. The molecule has 0 spiro atoms. The number of anilines is 1. The summed E-state index contributed by atoms with van der Waals surface area (Å²) >= 11 is 4.67. The van der Waals surface area contributed by atoms with Gasteiger partial charge < -0.3 is 11.1 Å². The van der Waals surface area contributed by atoms with Crippen LogP contribution in [0.3, 0.4) is 0 Å². The van der Waals surface area contributed by atoms with E-state index in [0.717, 1.165) is 3.79 Å². The smallest absolute Gasteiger partial charge is 0.233 e. The van der Waals surface area contributed by atoms with Gasteiger partial charge in [0.15, 0.2) is 5.13 Å². The summed E-state index contributed by atoms with van der Waals surface area (Å²) in [5, 5.41) is 3.36. The number of nitrogens with two attached hydrogens (primary N) is 1. The Morgan fingerprint density at radius 2 is 2.47 bits per heavy atom. The lowest BCUT2D eigenvalue weighted by molar-refractivity contribution is -0.124. The molecule has 1 heterocycles. The molecule has 0 aromatic carbocycles. The van der Waals surface area contributed by atoms with E-state index >= 15 is 0 Å². The third kappa shape index (κ3) is 2.99. The first-order chi connectivity index (χ1) is 7.01. The van der Waals surface area contributed by atoms with Crippen molar-refractivity contribution in [3.63, 3.8) is 0 Å². The van der Waals surface area contributed by atoms with Crippen molar-refractivity contribution in [2.24, 2.45) is 11.1 Å². The van der Waals surface area contributed by atoms with Crippen LogP contribution in [-0.2, 0) is 4.79 Å². The molecule has 0 aliphatic rings. The summed E-state index contributed by atoms with van der Waals surface area (Å²) in [7, 11) is 0. The molecule has 0 saturated heterocycles. The minimum Gasteiger partial charge on any atom is -0.329 e. The highest BCUT2D eigenvalue weighted by molar-refractivity contribution is 9.11. The number of carbonyl (C=O) groups is 1. The van der Waals surface area contributed by atoms with Crippen LogP contribution in [0.1, 0.15) is 20.3 Å². The first-order valence-electron chi connectivity index (χ1n) is 4.64. The van der Waals surface area contributed by atoms with Crippen LogP contribution in [0, 0.1) is 5.41 Å². The van der Waals surface area contributed by atoms with Gasteiger partial charge in [-0.25, -0.2) is 4.98 Å². The molecular formula is C9H14BrN3OS. The van der Waals surface area contributed by atoms with Gasteiger partial charge in [-0.1, -0.05) is 18.3 Å². The number of amides is 1. The lowest BCUT2D eigenvalue weighted by atomic mass is 9.87. The van der Waals surface area contributed by atoms with E-state index in [1.54, 1.807) is 6.20 Å². The highest BCUT2D eigenvalue weighted by Crippen LogP contribution is 2.26. The maximum atomic E-state index is 11.9. The predicted octanol–water partition coefficient (Wildman–Crippen LogP) is 2.22. The van der Waals surface area contributed by atoms with Gasteiger partial charge in [0, 0.05) is 6.54 Å². The highest BCUT2D eigenvalue weighted by atomic mass is 79.9. The van der Waals surface area contributed by atoms with Gasteiger partial charge in [-0.2, -0.15) is 0 Å². The Labute approximate surface area is 101 Å². The van der Waals surface area contributed by atoms with Gasteiger partial charge in [0.25, 0.3) is 0 Å². The Kier molecular flexibility index (Phi) is 4.24. The van der Waals surface area contributed by atoms with Crippen molar-refractivity contribution in [1.82, 2.24) is 4.98 Å². The molecule has 0 bridgehead atoms. The van der Waals surface area contributed by atoms with Gasteiger partial charge >= 0.3 is 0 Å². The normalized spacial score (nSPS) is 14.7. The Bertz CT molecular complexity index is 349. The highest BCUT2D eigenvalue weighted by Gasteiger charge is 2.30. The molecule has 15 heavy (non-hydrogen) atoms. The second kappa shape index (κ2) is 5.05. The summed E-state index contributed by atoms with van der Waals surface area (Å²) in [4.78, 5) is 15.9. The van der Waals surface area contributed by atoms with Crippen molar-refractivity contribution in [3.8, 4) is 0 Å². The van der Waals surface area contributed by atoms with E-state index in [1.807, 2.05) is 13.8 Å². The summed E-state index contributed by atoms with van der Waals surface area (Å²) in [6.45, 7) is 4.14. The van der Waals surface area contributed by atoms with Gasteiger partial charge in [-0.05, 0) is 29.3 Å². The minimum atomic E-state index is -0.516. The van der Waals surface area contributed by atoms with E-state index in [2.05, 4.69) is 26.2 Å². The molecule has 84 valence electrons. The monoisotopic (exact) mass is 291 g/mol. The molecule has 1 aromatic rings. The van der Waals surface area contributed by atoms with Crippen LogP contribution in [0.2, 0.25) is 0 Å². The van der Waals surface area contributed by atoms with E-state index in [4.69, 9.17) is 5.73 Å². The molecule has 1 amide bonds. The van der Waals surface area contributed by atoms with Crippen LogP contribution in [-0.4, -0.2) is 17.4 Å². The fourth-order valence-electron chi connectivity index (χ4n) is 0.958. The van der Waals surface area contributed by atoms with Gasteiger partial charge in [0.1, 0.15) is 0 Å². The molecule has 0 fully saturated rings. The average molecular weight is 292 g/mol. The zero-order valence-electron chi connectivity index (χ0n) is 8.71. The maximum Gasteiger partial charge on any atom is 0.233 e. The lowest BCUT2D eigenvalue weighted by Crippen LogP contribution is -2.39. The zero-order chi connectivity index (χ0) is 11.5. The number of carbonyl (C=O) groups excluding carboxylic acids is 1. The molecule has 0 aliphatic carbocycles. The fourth-order valence-corrected chi connectivity index (χ4v) is 2.06. The number of thiazole rings is 1. The molecule has 1 atom stereocenters. The third-order valence-corrected chi connectivity index (χ3v) is 3.87. The van der Waals surface area contributed by atoms with E-state index in [9.17, 15) is 4.79 Å². The van der Waals surface area contributed by atoms with Crippen molar-refractivity contribution >= 4 is 38.3 Å². The van der Waals surface area contributed by atoms with Crippen LogP contribution in [0.25, 0.3) is 0 Å². The van der Waals surface area contributed by atoms with Crippen molar-refractivity contribution in [1.29, 1.82) is 0 Å². The van der Waals surface area contributed by atoms with Crippen molar-refractivity contribution in [3.05, 3.63) is 9.98 Å². The topological polar surface area (TPSA) is 68.0 Å². The number of hydrogen-bond acceptors (Lipinski definition) is 4. The largest absolute Gasteiger partial charge is 0.329 e. The molecule has 6 heteroatoms. The number of rotatable bonds is 4. The molecule has 1 unspecified atom stereocenters. The third-order valence-electron chi connectivity index (χ3n) is 2.48. The van der Waals surface area contributed by atoms with Crippen molar-refractivity contribution in [2.75, 3.05) is 11.9 Å². The summed E-state index contributed by atoms with van der Waals surface area (Å²) in [5.74, 6) is -0.0747. The standard InChI is InChI=1S/C9H14BrN3OS/c1-3-9(2,5-11)7(14)13-8-12-4-6(10)15-8/h4H,3,5,11H2,1-2H3,(H,12,13,14). The van der Waals surface area contributed by atoms with Crippen LogP contribution in [0.4, 0.5) is 5.13 Å². The van der Waals surface area contributed by atoms with E-state index < -0.39 is 5.41 Å². The molecule has 1 rings (SSSR count). The quantitative estimate of drug-likeness (QED) is 0.894. The summed E-state index contributed by atoms with van der Waals surface area (Å²) in [6, 6.07) is 0. The molecule has 0 aliphatic heterocycles. The van der Waals surface area contributed by atoms with Gasteiger partial charge in [0.05, 0.1) is 15.4 Å². The van der Waals surface area contributed by atoms with Crippen molar-refractivity contribution in [2.45, 2.75) is 20.3 Å². The Morgan fingerprint density at radius 1 is 1.80 bits per heavy atom. The summed E-state index contributed by atoms with van der Waals surface area (Å²) in [5.41, 5.74) is 5.07. The van der Waals surface area contributed by atoms with Gasteiger partial charge in [-0.3, -0.25) is 4.79 Å². The van der Waals surface area contributed by atoms with Crippen LogP contribution in [0.5, 0.6) is 0 Å². The number of hydrogen-bond donors (Lipinski definition) is 2. The fraction of sp³-hybridized carbons (Fsp3) is 0.556. The molecule has 4 nitrogen and oxygen atoms in total. The molecule has 1 aromatic heterocycles. The van der Waals surface area contributed by atoms with E-state index in [1.165, 1.54) is 11.3 Å². The minimum absolute atomic E-state index is 0.0747. The van der Waals surface area contributed by atoms with Crippen molar-refractivity contribution < 1.29 is 4.79 Å². The Hall–Kier alpha value is -0.460. The van der Waals surface area contributed by atoms with E-state index in [-0.39, 0.29) is 5.91 Å². The molecular weight excluding hydrogens is 278 g/mol. The zero-order valence-corrected chi connectivity index (χ0v) is 11.1. The van der Waals surface area contributed by atoms with E-state index in [0.29, 0.717) is 18.1 Å². The molecule has 0 radical (unpaired) electrons. The number of nitrogens with zero attached hydrogens (tertiary/aromatic N) is 1. The average Bonchev–Trinajstić information content (AvgIpc) is 2.62. The first kappa shape index (κ1) is 12.6. The molecule has 3 N–H and O–H groups in total. The van der Waals surface area contributed by atoms with Gasteiger partial charge in [-0.15, -0.1) is 0 Å². The Balaban J connectivity index is 2.70. The van der Waals surface area contributed by atoms with Crippen LogP contribution >= 0.6 is 27.3 Å². The number of halogens is 1. The summed E-state index contributed by atoms with van der Waals surface area (Å²) < 4.78 is 0.892. The molecule has 0 saturated carbocycles. The second-order valence-corrected chi connectivity index (χ2v) is 5.95. The second-order valence-electron chi connectivity index (χ2n) is 3.54. The SMILES string of the molecule is CCC(C)(CN)C(=O)Nc1ncc(Br)s1. The van der Waals surface area contributed by atoms with Crippen LogP contribution in [0.15, 0.2) is 9.98 Å². The predicted molar refractivity (Wildman–Crippen MR) is 65.9 cm³/mol. The Morgan fingerprint density at radius 3 is 2.87 bits per heavy atom. The first-order valence-corrected chi connectivity index (χ1v) is 6.25. The van der Waals surface area contributed by atoms with Crippen LogP contribution < -0.4 is 11.1 Å². The van der Waals surface area contributed by atoms with Gasteiger partial charge in [0.2, 0.25) is 5.91 Å².